The van der Waals surface area contributed by atoms with Gasteiger partial charge >= 0.3 is 0 Å². The van der Waals surface area contributed by atoms with Crippen LogP contribution in [0.25, 0.3) is 94.3 Å². The van der Waals surface area contributed by atoms with Crippen LogP contribution >= 0.6 is 0 Å². The Morgan fingerprint density at radius 2 is 0.638 bits per heavy atom. The molecule has 0 radical (unpaired) electrons. The van der Waals surface area contributed by atoms with E-state index in [4.69, 9.17) is 4.74 Å². The molecular weight excluding hydrogens is 1570 g/mol. The van der Waals surface area contributed by atoms with Gasteiger partial charge in [0.05, 0.1) is 28.1 Å². The minimum atomic E-state index is -0.329. The van der Waals surface area contributed by atoms with Crippen LogP contribution in [0.5, 0.6) is 11.5 Å². The van der Waals surface area contributed by atoms with Gasteiger partial charge in [-0.3, -0.25) is 0 Å². The Bertz CT molecular complexity index is 7310. The van der Waals surface area contributed by atoms with Crippen molar-refractivity contribution in [3.63, 3.8) is 0 Å². The van der Waals surface area contributed by atoms with Crippen molar-refractivity contribution >= 4 is 119 Å². The normalized spacial score (nSPS) is 14.2. The lowest BCUT2D eigenvalue weighted by Crippen LogP contribution is -2.64. The van der Waals surface area contributed by atoms with Gasteiger partial charge in [-0.25, -0.2) is 0 Å². The van der Waals surface area contributed by atoms with Gasteiger partial charge in [0.1, 0.15) is 11.5 Å². The Hall–Kier alpha value is -13.4. The topological polar surface area (TPSA) is 23.9 Å². The number of hydrogen-bond donors (Lipinski definition) is 0. The molecule has 0 spiro atoms. The summed E-state index contributed by atoms with van der Waals surface area (Å²) >= 11 is 0. The summed E-state index contributed by atoms with van der Waals surface area (Å²) in [7, 11) is 0. The monoisotopic (exact) mass is 1680 g/mol. The van der Waals surface area contributed by atoms with Gasteiger partial charge in [-0.2, -0.15) is 0 Å². The molecule has 5 nitrogen and oxygen atoms in total. The van der Waals surface area contributed by atoms with Gasteiger partial charge in [0.25, 0.3) is 13.4 Å². The highest BCUT2D eigenvalue weighted by Gasteiger charge is 2.50. The SMILES string of the molecule is CC(C)(C)c1cc(N2c3cc4c(cc3B3c5ccccc5N(c5c(-c6ccccc6)cc(C(C)(C)C)cc5-c5ccccc5)c5cc(-n6c7ccc(C(C)(C)C)cc7c7cc(C(C)(C)C)ccc76)cc2c53)B2c3ccccc3N(c3c(-c5ccccc5)cc(C(C)(C)C)cc3-c3ccccc3)c3cc(-c5cccc6c5C(C)(C)c5ccccc5-6)cc(c32)O4)cc(C(C)(C)C)c1. The minimum Gasteiger partial charge on any atom is -0.458 e. The van der Waals surface area contributed by atoms with Crippen molar-refractivity contribution in [3.8, 4) is 83.9 Å². The molecule has 7 heteroatoms. The zero-order valence-electron chi connectivity index (χ0n) is 79.0. The molecule has 0 saturated heterocycles. The molecule has 0 N–H and O–H groups in total. The van der Waals surface area contributed by atoms with E-state index in [2.05, 4.69) is 485 Å². The summed E-state index contributed by atoms with van der Waals surface area (Å²) in [5, 5.41) is 2.48. The van der Waals surface area contributed by atoms with Crippen LogP contribution < -0.4 is 52.2 Å². The number of anilines is 9. The second-order valence-corrected chi connectivity index (χ2v) is 44.1. The van der Waals surface area contributed by atoms with Crippen LogP contribution in [0.4, 0.5) is 51.2 Å². The first-order valence-corrected chi connectivity index (χ1v) is 46.9. The Kier molecular flexibility index (Phi) is 18.6. The zero-order valence-corrected chi connectivity index (χ0v) is 79.0. The van der Waals surface area contributed by atoms with Crippen molar-refractivity contribution in [1.82, 2.24) is 4.57 Å². The smallest absolute Gasteiger partial charge is 0.256 e. The predicted molar refractivity (Wildman–Crippen MR) is 558 cm³/mol. The molecule has 22 rings (SSSR count). The standard InChI is InChI=1S/C123H114B2N4O/c1-117(2,3)80-56-58-102-95(65-80)96-66-81(118(4,5)6)57-59-103(96)126(102)87-71-108-113-109(72-87)129(116-93(77-44-29-23-30-45-77)69-85(122(16,17)18)70-94(116)78-46-31-24-32-47-78)104-54-37-35-52-98(104)124(113)100-73-101-110(74-106(100)127(108)86-63-82(119(7,8)9)62-83(64-86)120(10,11)12)130-111-61-79(88-49-39-50-90-89-48-33-34-51-97(89)123(19,20)112(88)90)60-107-114(111)125(101)99-53-36-38-55-105(99)128(107)115-91(75-40-25-21-26-41-75)67-84(121(13,14)15)68-92(115)76-42-27-22-28-43-76/h21-74H,1-20H3. The summed E-state index contributed by atoms with van der Waals surface area (Å²) in [5.74, 6) is 1.68. The predicted octanol–water partition coefficient (Wildman–Crippen LogP) is 29.7. The first-order valence-electron chi connectivity index (χ1n) is 46.9. The van der Waals surface area contributed by atoms with Crippen molar-refractivity contribution in [2.75, 3.05) is 14.7 Å². The van der Waals surface area contributed by atoms with Gasteiger partial charge < -0.3 is 24.0 Å². The highest BCUT2D eigenvalue weighted by Crippen LogP contribution is 2.59. The third kappa shape index (κ3) is 13.1. The number of benzene rings is 16. The van der Waals surface area contributed by atoms with Gasteiger partial charge in [0.15, 0.2) is 0 Å². The van der Waals surface area contributed by atoms with E-state index in [1.165, 1.54) is 93.8 Å². The minimum absolute atomic E-state index is 0.110. The van der Waals surface area contributed by atoms with E-state index < -0.39 is 0 Å². The third-order valence-electron chi connectivity index (χ3n) is 29.1. The van der Waals surface area contributed by atoms with Crippen LogP contribution in [0, 0.1) is 0 Å². The van der Waals surface area contributed by atoms with Crippen LogP contribution in [0.2, 0.25) is 0 Å². The summed E-state index contributed by atoms with van der Waals surface area (Å²) in [6.45, 7) is 46.8. The second kappa shape index (κ2) is 29.3. The lowest BCUT2D eigenvalue weighted by Gasteiger charge is -2.46. The number of nitrogens with zero attached hydrogens (tertiary/aromatic N) is 4. The van der Waals surface area contributed by atoms with Gasteiger partial charge in [-0.05, 0) is 251 Å². The van der Waals surface area contributed by atoms with Crippen molar-refractivity contribution in [2.45, 2.75) is 176 Å². The molecule has 0 amide bonds. The number of hydrogen-bond acceptors (Lipinski definition) is 4. The van der Waals surface area contributed by atoms with E-state index in [0.29, 0.717) is 0 Å². The summed E-state index contributed by atoms with van der Waals surface area (Å²) in [6.07, 6.45) is 0. The molecule has 16 aromatic carbocycles. The van der Waals surface area contributed by atoms with E-state index in [1.807, 2.05) is 0 Å². The van der Waals surface area contributed by atoms with Crippen molar-refractivity contribution < 1.29 is 4.74 Å². The molecule has 0 fully saturated rings. The average molecular weight is 1690 g/mol. The Balaban J connectivity index is 0.888. The molecule has 0 atom stereocenters. The maximum atomic E-state index is 8.38. The van der Waals surface area contributed by atoms with Gasteiger partial charge in [0, 0.05) is 84.3 Å². The molecule has 130 heavy (non-hydrogen) atoms. The fraction of sp³-hybridized carbons (Fsp3) is 0.220. The van der Waals surface area contributed by atoms with Gasteiger partial charge in [0.2, 0.25) is 0 Å². The summed E-state index contributed by atoms with van der Waals surface area (Å²) < 4.78 is 11.0. The number of para-hydroxylation sites is 2. The molecule has 0 unspecified atom stereocenters. The fourth-order valence-corrected chi connectivity index (χ4v) is 22.1. The van der Waals surface area contributed by atoms with Crippen LogP contribution in [0.15, 0.2) is 328 Å². The maximum Gasteiger partial charge on any atom is 0.256 e. The maximum absolute atomic E-state index is 8.38. The Labute approximate surface area is 770 Å². The van der Waals surface area contributed by atoms with Gasteiger partial charge in [-0.1, -0.05) is 363 Å². The molecule has 1 aromatic heterocycles. The summed E-state index contributed by atoms with van der Waals surface area (Å²) in [5.41, 5.74) is 43.5. The molecule has 5 aliphatic rings. The first kappa shape index (κ1) is 82.3. The highest BCUT2D eigenvalue weighted by atomic mass is 16.5. The third-order valence-corrected chi connectivity index (χ3v) is 29.1. The van der Waals surface area contributed by atoms with E-state index in [-0.39, 0.29) is 51.3 Å². The molecule has 1 aliphatic carbocycles. The average Bonchev–Trinajstić information content (AvgIpc) is 0.771. The van der Waals surface area contributed by atoms with E-state index >= 15 is 0 Å². The molecule has 0 saturated carbocycles. The van der Waals surface area contributed by atoms with E-state index in [9.17, 15) is 0 Å². The lowest BCUT2D eigenvalue weighted by atomic mass is 9.30. The summed E-state index contributed by atoms with van der Waals surface area (Å²) in [4.78, 5) is 8.09. The van der Waals surface area contributed by atoms with Gasteiger partial charge in [-0.15, -0.1) is 0 Å². The van der Waals surface area contributed by atoms with Crippen LogP contribution in [0.3, 0.4) is 0 Å². The molecule has 5 heterocycles. The quantitative estimate of drug-likeness (QED) is 0.134. The summed E-state index contributed by atoms with van der Waals surface area (Å²) in [6, 6.07) is 127. The van der Waals surface area contributed by atoms with Crippen molar-refractivity contribution in [3.05, 3.63) is 372 Å². The zero-order chi connectivity index (χ0) is 90.1. The molecule has 4 aliphatic heterocycles. The Morgan fingerprint density at radius 3 is 1.10 bits per heavy atom. The highest BCUT2D eigenvalue weighted by molar-refractivity contribution is 7.02. The number of rotatable bonds is 9. The first-order chi connectivity index (χ1) is 62.0. The fourth-order valence-electron chi connectivity index (χ4n) is 22.1. The van der Waals surface area contributed by atoms with Crippen molar-refractivity contribution in [1.29, 1.82) is 0 Å². The number of aromatic nitrogens is 1. The lowest BCUT2D eigenvalue weighted by molar-refractivity contribution is 0.488. The molecule has 17 aromatic rings. The number of ether oxygens (including phenoxy) is 1. The van der Waals surface area contributed by atoms with Crippen LogP contribution in [-0.2, 0) is 37.9 Å². The molecular formula is C123H114B2N4O. The largest absolute Gasteiger partial charge is 0.458 e. The van der Waals surface area contributed by atoms with E-state index in [1.54, 1.807) is 0 Å². The van der Waals surface area contributed by atoms with Crippen molar-refractivity contribution in [2.24, 2.45) is 0 Å². The molecule has 0 bridgehead atoms. The molecule has 638 valence electrons. The van der Waals surface area contributed by atoms with Crippen LogP contribution in [-0.4, -0.2) is 18.0 Å². The van der Waals surface area contributed by atoms with Crippen LogP contribution in [0.1, 0.15) is 183 Å². The van der Waals surface area contributed by atoms with E-state index in [0.717, 1.165) is 140 Å². The number of fused-ring (bicyclic) bond motifs is 14. The Morgan fingerprint density at radius 1 is 0.246 bits per heavy atom. The second-order valence-electron chi connectivity index (χ2n) is 44.1.